The van der Waals surface area contributed by atoms with Gasteiger partial charge in [-0.15, -0.1) is 0 Å². The zero-order valence-corrected chi connectivity index (χ0v) is 46.0. The molecular formula is C60H118O7. The normalized spacial score (nSPS) is 13.1. The molecule has 0 spiro atoms. The van der Waals surface area contributed by atoms with Gasteiger partial charge in [-0.05, 0) is 102 Å². The average molecular weight is 952 g/mol. The van der Waals surface area contributed by atoms with E-state index >= 15 is 0 Å². The van der Waals surface area contributed by atoms with E-state index in [0.29, 0.717) is 13.2 Å². The van der Waals surface area contributed by atoms with Gasteiger partial charge in [0.2, 0.25) is 0 Å². The summed E-state index contributed by atoms with van der Waals surface area (Å²) in [5.74, 6) is 0. The van der Waals surface area contributed by atoms with Gasteiger partial charge in [0.1, 0.15) is 0 Å². The molecular weight excluding hydrogens is 833 g/mol. The van der Waals surface area contributed by atoms with E-state index in [-0.39, 0.29) is 12.6 Å². The number of ether oxygens (including phenoxy) is 7. The van der Waals surface area contributed by atoms with Crippen molar-refractivity contribution in [3.05, 3.63) is 24.3 Å². The Labute approximate surface area is 419 Å². The van der Waals surface area contributed by atoms with Crippen LogP contribution in [-0.4, -0.2) is 64.8 Å². The number of hydrogen-bond donors (Lipinski definition) is 0. The molecule has 2 atom stereocenters. The lowest BCUT2D eigenvalue weighted by molar-refractivity contribution is -0.208. The van der Waals surface area contributed by atoms with E-state index in [9.17, 15) is 0 Å². The smallest absolute Gasteiger partial charge is 0.180 e. The van der Waals surface area contributed by atoms with Crippen LogP contribution in [0.4, 0.5) is 0 Å². The number of hydrogen-bond acceptors (Lipinski definition) is 7. The molecule has 0 aromatic heterocycles. The predicted molar refractivity (Wildman–Crippen MR) is 289 cm³/mol. The molecule has 0 aromatic rings. The molecule has 67 heavy (non-hydrogen) atoms. The van der Waals surface area contributed by atoms with Gasteiger partial charge in [0.25, 0.3) is 0 Å². The Morgan fingerprint density at radius 1 is 0.254 bits per heavy atom. The molecule has 0 amide bonds. The summed E-state index contributed by atoms with van der Waals surface area (Å²) >= 11 is 0. The van der Waals surface area contributed by atoms with Gasteiger partial charge < -0.3 is 33.2 Å². The van der Waals surface area contributed by atoms with Gasteiger partial charge in [-0.1, -0.05) is 221 Å². The van der Waals surface area contributed by atoms with E-state index in [0.717, 1.165) is 116 Å². The molecule has 2 unspecified atom stereocenters. The lowest BCUT2D eigenvalue weighted by atomic mass is 10.1. The molecule has 0 aliphatic heterocycles. The molecule has 0 saturated carbocycles. The second kappa shape index (κ2) is 57.8. The van der Waals surface area contributed by atoms with Crippen LogP contribution in [0.2, 0.25) is 0 Å². The summed E-state index contributed by atoms with van der Waals surface area (Å²) < 4.78 is 44.7. The lowest BCUT2D eigenvalue weighted by Gasteiger charge is -2.22. The molecule has 0 rings (SSSR count). The molecule has 0 aliphatic rings. The second-order valence-corrected chi connectivity index (χ2v) is 19.6. The minimum absolute atomic E-state index is 0.0901. The summed E-state index contributed by atoms with van der Waals surface area (Å²) in [6.45, 7) is 18.2. The molecule has 0 N–H and O–H groups in total. The average Bonchev–Trinajstić information content (AvgIpc) is 3.33. The first-order valence-electron chi connectivity index (χ1n) is 29.8. The van der Waals surface area contributed by atoms with E-state index in [1.165, 1.54) is 167 Å². The molecule has 7 heteroatoms. The highest BCUT2D eigenvalue weighted by Gasteiger charge is 2.15. The Hall–Kier alpha value is -0.800. The van der Waals surface area contributed by atoms with Gasteiger partial charge in [0, 0.05) is 26.4 Å². The topological polar surface area (TPSA) is 64.6 Å². The number of rotatable bonds is 58. The molecule has 7 nitrogen and oxygen atoms in total. The minimum atomic E-state index is -0.436. The Balaban J connectivity index is 5.33. The first-order valence-corrected chi connectivity index (χ1v) is 29.8. The van der Waals surface area contributed by atoms with Crippen LogP contribution in [0.1, 0.15) is 298 Å². The maximum Gasteiger partial charge on any atom is 0.180 e. The highest BCUT2D eigenvalue weighted by atomic mass is 16.8. The number of unbranched alkanes of at least 4 members (excludes halogenated alkanes) is 30. The van der Waals surface area contributed by atoms with Crippen LogP contribution in [0.5, 0.6) is 0 Å². The maximum atomic E-state index is 6.60. The summed E-state index contributed by atoms with van der Waals surface area (Å²) in [6, 6.07) is 0. The molecule has 0 bridgehead atoms. The van der Waals surface area contributed by atoms with Gasteiger partial charge in [0.15, 0.2) is 25.2 Å². The Morgan fingerprint density at radius 2 is 0.493 bits per heavy atom. The van der Waals surface area contributed by atoms with Crippen LogP contribution in [0.25, 0.3) is 0 Å². The molecule has 0 fully saturated rings. The lowest BCUT2D eigenvalue weighted by Crippen LogP contribution is -2.25. The zero-order valence-electron chi connectivity index (χ0n) is 46.0. The van der Waals surface area contributed by atoms with E-state index in [1.54, 1.807) is 0 Å². The Bertz CT molecular complexity index is 849. The SMILES string of the molecule is CCCCCCCCOC(CCCCC=CC(OCCCCCC)OC(C=CCCCCC(OCCCCCCCC)OCCCCCCCC)OCCCCCC)OCCCCCCCC. The molecule has 0 heterocycles. The second-order valence-electron chi connectivity index (χ2n) is 19.6. The Kier molecular flexibility index (Phi) is 57.1. The van der Waals surface area contributed by atoms with Crippen LogP contribution in [0.15, 0.2) is 24.3 Å². The van der Waals surface area contributed by atoms with Crippen molar-refractivity contribution in [2.45, 2.75) is 324 Å². The van der Waals surface area contributed by atoms with Crippen LogP contribution in [0, 0.1) is 0 Å². The third-order valence-corrected chi connectivity index (χ3v) is 12.7. The minimum Gasteiger partial charge on any atom is -0.353 e. The standard InChI is InChI=1S/C60H118O7/c1-7-13-19-25-33-43-51-61-57(62-52-44-34-26-20-14-8-2)47-37-29-31-39-49-59(65-55-41-23-17-11-5)67-60(66-56-42-24-18-12-6)50-40-32-30-38-48-58(63-53-45-35-27-21-15-9-3)64-54-46-36-28-22-16-10-4/h39-40,49-50,57-60H,7-38,41-48,51-56H2,1-6H3. The van der Waals surface area contributed by atoms with Crippen molar-refractivity contribution in [3.8, 4) is 0 Å². The fourth-order valence-corrected chi connectivity index (χ4v) is 8.25. The fourth-order valence-electron chi connectivity index (χ4n) is 8.25. The van der Waals surface area contributed by atoms with Gasteiger partial charge in [-0.25, -0.2) is 0 Å². The summed E-state index contributed by atoms with van der Waals surface area (Å²) in [4.78, 5) is 0. The molecule has 0 aliphatic carbocycles. The van der Waals surface area contributed by atoms with Crippen LogP contribution < -0.4 is 0 Å². The van der Waals surface area contributed by atoms with E-state index in [4.69, 9.17) is 33.2 Å². The first-order chi connectivity index (χ1) is 33.1. The summed E-state index contributed by atoms with van der Waals surface area (Å²) in [7, 11) is 0. The Morgan fingerprint density at radius 3 is 0.776 bits per heavy atom. The summed E-state index contributed by atoms with van der Waals surface area (Å²) in [6.07, 6.45) is 55.9. The van der Waals surface area contributed by atoms with Crippen molar-refractivity contribution in [1.29, 1.82) is 0 Å². The molecule has 0 aromatic carbocycles. The van der Waals surface area contributed by atoms with Crippen molar-refractivity contribution < 1.29 is 33.2 Å². The third kappa shape index (κ3) is 51.4. The first kappa shape index (κ1) is 66.2. The monoisotopic (exact) mass is 951 g/mol. The quantitative estimate of drug-likeness (QED) is 0.0342. The van der Waals surface area contributed by atoms with Gasteiger partial charge >= 0.3 is 0 Å². The van der Waals surface area contributed by atoms with Crippen molar-refractivity contribution >= 4 is 0 Å². The molecule has 400 valence electrons. The highest BCUT2D eigenvalue weighted by Crippen LogP contribution is 2.17. The highest BCUT2D eigenvalue weighted by molar-refractivity contribution is 4.90. The van der Waals surface area contributed by atoms with Crippen molar-refractivity contribution in [2.24, 2.45) is 0 Å². The third-order valence-electron chi connectivity index (χ3n) is 12.7. The number of allylic oxidation sites excluding steroid dienone is 2. The van der Waals surface area contributed by atoms with Crippen LogP contribution >= 0.6 is 0 Å². The van der Waals surface area contributed by atoms with Crippen molar-refractivity contribution in [2.75, 3.05) is 39.6 Å². The van der Waals surface area contributed by atoms with Gasteiger partial charge in [-0.3, -0.25) is 0 Å². The summed E-state index contributed by atoms with van der Waals surface area (Å²) in [5, 5.41) is 0. The van der Waals surface area contributed by atoms with Crippen LogP contribution in [0.3, 0.4) is 0 Å². The van der Waals surface area contributed by atoms with Crippen molar-refractivity contribution in [3.63, 3.8) is 0 Å². The fraction of sp³-hybridized carbons (Fsp3) is 0.933. The molecule has 0 radical (unpaired) electrons. The van der Waals surface area contributed by atoms with E-state index < -0.39 is 12.6 Å². The maximum absolute atomic E-state index is 6.60. The van der Waals surface area contributed by atoms with E-state index in [1.807, 2.05) is 0 Å². The molecule has 0 saturated heterocycles. The predicted octanol–water partition coefficient (Wildman–Crippen LogP) is 19.2. The zero-order chi connectivity index (χ0) is 48.6. The van der Waals surface area contributed by atoms with Gasteiger partial charge in [-0.2, -0.15) is 0 Å². The van der Waals surface area contributed by atoms with Crippen LogP contribution in [-0.2, 0) is 33.2 Å². The summed E-state index contributed by atoms with van der Waals surface area (Å²) in [5.41, 5.74) is 0. The van der Waals surface area contributed by atoms with E-state index in [2.05, 4.69) is 65.8 Å². The largest absolute Gasteiger partial charge is 0.353 e. The van der Waals surface area contributed by atoms with Gasteiger partial charge in [0.05, 0.1) is 13.2 Å². The van der Waals surface area contributed by atoms with Crippen molar-refractivity contribution in [1.82, 2.24) is 0 Å².